The maximum atomic E-state index is 12.4. The van der Waals surface area contributed by atoms with Gasteiger partial charge in [0.2, 0.25) is 5.91 Å². The molecule has 2 aromatic carbocycles. The molecule has 0 aliphatic carbocycles. The highest BCUT2D eigenvalue weighted by atomic mass is 16.3. The zero-order chi connectivity index (χ0) is 18.8. The first kappa shape index (κ1) is 17.7. The molecule has 0 spiro atoms. The standard InChI is InChI=1S/C21H22N2O3/c1-13-9-18-16(12-26-19(18)10-14(13)2)11-20(24)22-17-7-5-15(6-8-17)21(25)23(3)4/h5-10,12H,11H2,1-4H3,(H,22,24). The number of anilines is 1. The predicted octanol–water partition coefficient (Wildman–Crippen LogP) is 3.93. The number of carbonyl (C=O) groups excluding carboxylic acids is 2. The first-order valence-electron chi connectivity index (χ1n) is 8.44. The van der Waals surface area contributed by atoms with Gasteiger partial charge in [0, 0.05) is 36.3 Å². The Balaban J connectivity index is 1.71. The Morgan fingerprint density at radius 3 is 2.35 bits per heavy atom. The fourth-order valence-electron chi connectivity index (χ4n) is 2.81. The second-order valence-electron chi connectivity index (χ2n) is 6.70. The lowest BCUT2D eigenvalue weighted by molar-refractivity contribution is -0.115. The minimum atomic E-state index is -0.127. The molecule has 5 nitrogen and oxygen atoms in total. The van der Waals surface area contributed by atoms with Crippen molar-refractivity contribution in [2.24, 2.45) is 0 Å². The normalized spacial score (nSPS) is 10.8. The Kier molecular flexibility index (Phi) is 4.80. The largest absolute Gasteiger partial charge is 0.464 e. The molecule has 0 atom stereocenters. The first-order valence-corrected chi connectivity index (χ1v) is 8.44. The van der Waals surface area contributed by atoms with Crippen molar-refractivity contribution in [3.8, 4) is 0 Å². The fourth-order valence-corrected chi connectivity index (χ4v) is 2.81. The van der Waals surface area contributed by atoms with Gasteiger partial charge in [-0.2, -0.15) is 0 Å². The Morgan fingerprint density at radius 1 is 1.04 bits per heavy atom. The number of fused-ring (bicyclic) bond motifs is 1. The minimum absolute atomic E-state index is 0.0709. The van der Waals surface area contributed by atoms with E-state index in [4.69, 9.17) is 4.42 Å². The highest BCUT2D eigenvalue weighted by Crippen LogP contribution is 2.25. The highest BCUT2D eigenvalue weighted by Gasteiger charge is 2.13. The molecular weight excluding hydrogens is 328 g/mol. The van der Waals surface area contributed by atoms with E-state index in [2.05, 4.69) is 11.4 Å². The van der Waals surface area contributed by atoms with Crippen molar-refractivity contribution in [3.63, 3.8) is 0 Å². The number of hydrogen-bond acceptors (Lipinski definition) is 3. The Labute approximate surface area is 152 Å². The number of aryl methyl sites for hydroxylation is 2. The van der Waals surface area contributed by atoms with Gasteiger partial charge in [-0.25, -0.2) is 0 Å². The summed E-state index contributed by atoms with van der Waals surface area (Å²) >= 11 is 0. The van der Waals surface area contributed by atoms with Gasteiger partial charge in [-0.1, -0.05) is 0 Å². The maximum Gasteiger partial charge on any atom is 0.253 e. The molecule has 1 N–H and O–H groups in total. The molecule has 0 radical (unpaired) electrons. The molecule has 3 aromatic rings. The molecule has 1 heterocycles. The second kappa shape index (κ2) is 7.04. The van der Waals surface area contributed by atoms with E-state index in [9.17, 15) is 9.59 Å². The average molecular weight is 350 g/mol. The van der Waals surface area contributed by atoms with Crippen LogP contribution in [0.25, 0.3) is 11.0 Å². The van der Waals surface area contributed by atoms with Crippen LogP contribution < -0.4 is 5.32 Å². The van der Waals surface area contributed by atoms with Gasteiger partial charge in [-0.05, 0) is 61.4 Å². The van der Waals surface area contributed by atoms with Gasteiger partial charge in [0.25, 0.3) is 5.91 Å². The lowest BCUT2D eigenvalue weighted by Gasteiger charge is -2.11. The summed E-state index contributed by atoms with van der Waals surface area (Å²) in [7, 11) is 3.41. The number of hydrogen-bond donors (Lipinski definition) is 1. The topological polar surface area (TPSA) is 62.6 Å². The number of nitrogens with one attached hydrogen (secondary N) is 1. The summed E-state index contributed by atoms with van der Waals surface area (Å²) < 4.78 is 5.58. The molecule has 26 heavy (non-hydrogen) atoms. The van der Waals surface area contributed by atoms with Crippen molar-refractivity contribution in [2.75, 3.05) is 19.4 Å². The number of furan rings is 1. The van der Waals surface area contributed by atoms with E-state index in [1.807, 2.05) is 19.9 Å². The van der Waals surface area contributed by atoms with Crippen molar-refractivity contribution < 1.29 is 14.0 Å². The van der Waals surface area contributed by atoms with Crippen molar-refractivity contribution in [1.82, 2.24) is 4.90 Å². The molecule has 0 aliphatic rings. The molecule has 0 aliphatic heterocycles. The number of amides is 2. The Hall–Kier alpha value is -3.08. The molecule has 0 bridgehead atoms. The third-order valence-corrected chi connectivity index (χ3v) is 4.44. The van der Waals surface area contributed by atoms with Crippen LogP contribution in [0.4, 0.5) is 5.69 Å². The molecule has 5 heteroatoms. The van der Waals surface area contributed by atoms with Gasteiger partial charge in [-0.15, -0.1) is 0 Å². The van der Waals surface area contributed by atoms with E-state index < -0.39 is 0 Å². The van der Waals surface area contributed by atoms with Gasteiger partial charge in [0.1, 0.15) is 5.58 Å². The van der Waals surface area contributed by atoms with E-state index >= 15 is 0 Å². The third kappa shape index (κ3) is 3.61. The summed E-state index contributed by atoms with van der Waals surface area (Å²) in [5.74, 6) is -0.198. The molecule has 0 saturated carbocycles. The van der Waals surface area contributed by atoms with Crippen molar-refractivity contribution >= 4 is 28.5 Å². The number of carbonyl (C=O) groups is 2. The Morgan fingerprint density at radius 2 is 1.69 bits per heavy atom. The molecular formula is C21H22N2O3. The molecule has 0 saturated heterocycles. The van der Waals surface area contributed by atoms with Crippen LogP contribution in [-0.2, 0) is 11.2 Å². The zero-order valence-corrected chi connectivity index (χ0v) is 15.4. The van der Waals surface area contributed by atoms with E-state index in [0.717, 1.165) is 22.1 Å². The van der Waals surface area contributed by atoms with Crippen LogP contribution in [0.1, 0.15) is 27.0 Å². The van der Waals surface area contributed by atoms with E-state index in [1.165, 1.54) is 10.5 Å². The van der Waals surface area contributed by atoms with Gasteiger partial charge < -0.3 is 14.6 Å². The molecule has 1 aromatic heterocycles. The van der Waals surface area contributed by atoms with Crippen molar-refractivity contribution in [3.05, 3.63) is 64.9 Å². The van der Waals surface area contributed by atoms with Crippen LogP contribution in [0.2, 0.25) is 0 Å². The summed E-state index contributed by atoms with van der Waals surface area (Å²) in [6.07, 6.45) is 1.87. The van der Waals surface area contributed by atoms with Crippen molar-refractivity contribution in [2.45, 2.75) is 20.3 Å². The van der Waals surface area contributed by atoms with Crippen LogP contribution in [0.15, 0.2) is 47.1 Å². The SMILES string of the molecule is Cc1cc2occ(CC(=O)Nc3ccc(C(=O)N(C)C)cc3)c2cc1C. The summed E-state index contributed by atoms with van der Waals surface area (Å²) in [5.41, 5.74) is 5.23. The summed E-state index contributed by atoms with van der Waals surface area (Å²) in [5, 5.41) is 3.83. The molecule has 3 rings (SSSR count). The number of nitrogens with zero attached hydrogens (tertiary/aromatic N) is 1. The molecule has 2 amide bonds. The monoisotopic (exact) mass is 350 g/mol. The van der Waals surface area contributed by atoms with E-state index in [0.29, 0.717) is 11.3 Å². The van der Waals surface area contributed by atoms with Gasteiger partial charge in [-0.3, -0.25) is 9.59 Å². The number of rotatable bonds is 4. The van der Waals surface area contributed by atoms with Gasteiger partial charge >= 0.3 is 0 Å². The number of benzene rings is 2. The summed E-state index contributed by atoms with van der Waals surface area (Å²) in [6.45, 7) is 4.08. The maximum absolute atomic E-state index is 12.4. The molecule has 0 fully saturated rings. The van der Waals surface area contributed by atoms with Crippen LogP contribution >= 0.6 is 0 Å². The summed E-state index contributed by atoms with van der Waals surface area (Å²) in [4.78, 5) is 25.8. The van der Waals surface area contributed by atoms with Crippen molar-refractivity contribution in [1.29, 1.82) is 0 Å². The van der Waals surface area contributed by atoms with Crippen LogP contribution in [0.5, 0.6) is 0 Å². The van der Waals surface area contributed by atoms with Crippen LogP contribution in [0, 0.1) is 13.8 Å². The fraction of sp³-hybridized carbons (Fsp3) is 0.238. The van der Waals surface area contributed by atoms with E-state index in [-0.39, 0.29) is 18.2 Å². The average Bonchev–Trinajstić information content (AvgIpc) is 2.97. The van der Waals surface area contributed by atoms with Gasteiger partial charge in [0.05, 0.1) is 12.7 Å². The highest BCUT2D eigenvalue weighted by molar-refractivity contribution is 5.97. The smallest absolute Gasteiger partial charge is 0.253 e. The van der Waals surface area contributed by atoms with Crippen LogP contribution in [0.3, 0.4) is 0 Å². The first-order chi connectivity index (χ1) is 12.3. The molecule has 134 valence electrons. The summed E-state index contributed by atoms with van der Waals surface area (Å²) in [6, 6.07) is 10.9. The van der Waals surface area contributed by atoms with E-state index in [1.54, 1.807) is 44.6 Å². The lowest BCUT2D eigenvalue weighted by atomic mass is 10.0. The molecule has 0 unspecified atom stereocenters. The Bertz CT molecular complexity index is 969. The minimum Gasteiger partial charge on any atom is -0.464 e. The second-order valence-corrected chi connectivity index (χ2v) is 6.70. The third-order valence-electron chi connectivity index (χ3n) is 4.44. The van der Waals surface area contributed by atoms with Crippen LogP contribution in [-0.4, -0.2) is 30.8 Å². The zero-order valence-electron chi connectivity index (χ0n) is 15.4. The van der Waals surface area contributed by atoms with Gasteiger partial charge in [0.15, 0.2) is 0 Å². The predicted molar refractivity (Wildman–Crippen MR) is 102 cm³/mol. The lowest BCUT2D eigenvalue weighted by Crippen LogP contribution is -2.21. The quantitative estimate of drug-likeness (QED) is 0.775.